The lowest BCUT2D eigenvalue weighted by Crippen LogP contribution is -2.42. The fourth-order valence-corrected chi connectivity index (χ4v) is 3.41. The van der Waals surface area contributed by atoms with Gasteiger partial charge >= 0.3 is 0 Å². The van der Waals surface area contributed by atoms with Crippen molar-refractivity contribution in [1.29, 1.82) is 0 Å². The maximum atomic E-state index is 12.2. The lowest BCUT2D eigenvalue weighted by molar-refractivity contribution is -0.133. The van der Waals surface area contributed by atoms with Crippen molar-refractivity contribution in [2.45, 2.75) is 39.2 Å². The third kappa shape index (κ3) is 4.71. The number of ether oxygens (including phenoxy) is 1. The van der Waals surface area contributed by atoms with Crippen LogP contribution in [0.4, 0.5) is 0 Å². The summed E-state index contributed by atoms with van der Waals surface area (Å²) in [7, 11) is 0. The Kier molecular flexibility index (Phi) is 6.26. The Hall–Kier alpha value is -1.07. The molecule has 0 spiro atoms. The first-order chi connectivity index (χ1) is 10.5. The quantitative estimate of drug-likeness (QED) is 0.868. The Morgan fingerprint density at radius 2 is 2.14 bits per heavy atom. The summed E-state index contributed by atoms with van der Waals surface area (Å²) in [5, 5.41) is 0. The van der Waals surface area contributed by atoms with Gasteiger partial charge in [-0.3, -0.25) is 4.79 Å². The first-order valence-electron chi connectivity index (χ1n) is 7.89. The number of carbonyl (C=O) groups is 1. The number of aryl methyl sites for hydroxylation is 1. The Balaban J connectivity index is 1.74. The van der Waals surface area contributed by atoms with E-state index in [1.165, 1.54) is 5.56 Å². The van der Waals surface area contributed by atoms with Crippen LogP contribution < -0.4 is 10.5 Å². The standard InChI is InChI=1S/C17H25BrN2O2/c1-12-3-4-16(15(18)11-12)22-10-7-17(21)20-8-5-14(6-9-20)13(2)19/h3-4,11,13-14H,5-10,19H2,1-2H3. The largest absolute Gasteiger partial charge is 0.492 e. The van der Waals surface area contributed by atoms with Crippen LogP contribution in [0.2, 0.25) is 0 Å². The van der Waals surface area contributed by atoms with Gasteiger partial charge in [0.25, 0.3) is 0 Å². The van der Waals surface area contributed by atoms with E-state index in [1.807, 2.05) is 30.0 Å². The summed E-state index contributed by atoms with van der Waals surface area (Å²) in [6.07, 6.45) is 2.44. The van der Waals surface area contributed by atoms with Gasteiger partial charge in [0.2, 0.25) is 5.91 Å². The van der Waals surface area contributed by atoms with Gasteiger partial charge in [-0.15, -0.1) is 0 Å². The molecule has 1 aromatic rings. The van der Waals surface area contributed by atoms with E-state index >= 15 is 0 Å². The van der Waals surface area contributed by atoms with Gasteiger partial charge in [0, 0.05) is 19.1 Å². The molecule has 1 aliphatic rings. The highest BCUT2D eigenvalue weighted by Gasteiger charge is 2.24. The molecule has 5 heteroatoms. The summed E-state index contributed by atoms with van der Waals surface area (Å²) >= 11 is 3.48. The van der Waals surface area contributed by atoms with Crippen LogP contribution in [-0.4, -0.2) is 36.5 Å². The molecule has 4 nitrogen and oxygen atoms in total. The van der Waals surface area contributed by atoms with Gasteiger partial charge in [-0.1, -0.05) is 6.07 Å². The molecule has 122 valence electrons. The van der Waals surface area contributed by atoms with Gasteiger partial charge in [0.1, 0.15) is 5.75 Å². The van der Waals surface area contributed by atoms with E-state index in [1.54, 1.807) is 0 Å². The van der Waals surface area contributed by atoms with Crippen molar-refractivity contribution in [3.05, 3.63) is 28.2 Å². The molecule has 1 saturated heterocycles. The van der Waals surface area contributed by atoms with Gasteiger partial charge in [-0.2, -0.15) is 0 Å². The Bertz CT molecular complexity index is 511. The number of amides is 1. The lowest BCUT2D eigenvalue weighted by Gasteiger charge is -2.33. The van der Waals surface area contributed by atoms with Crippen molar-refractivity contribution in [2.75, 3.05) is 19.7 Å². The van der Waals surface area contributed by atoms with Crippen LogP contribution in [0.25, 0.3) is 0 Å². The van der Waals surface area contributed by atoms with E-state index in [0.717, 1.165) is 36.2 Å². The zero-order chi connectivity index (χ0) is 16.1. The predicted octanol–water partition coefficient (Wildman–Crippen LogP) is 3.11. The fraction of sp³-hybridized carbons (Fsp3) is 0.588. The molecule has 1 atom stereocenters. The lowest BCUT2D eigenvalue weighted by atomic mass is 9.91. The van der Waals surface area contributed by atoms with Crippen LogP contribution in [0.1, 0.15) is 31.7 Å². The second-order valence-corrected chi connectivity index (χ2v) is 6.96. The van der Waals surface area contributed by atoms with Crippen LogP contribution >= 0.6 is 15.9 Å². The van der Waals surface area contributed by atoms with E-state index < -0.39 is 0 Å². The van der Waals surface area contributed by atoms with Gasteiger partial charge in [0.05, 0.1) is 17.5 Å². The summed E-state index contributed by atoms with van der Waals surface area (Å²) in [6.45, 7) is 6.13. The molecule has 2 rings (SSSR count). The molecule has 1 heterocycles. The minimum atomic E-state index is 0.173. The minimum Gasteiger partial charge on any atom is -0.492 e. The van der Waals surface area contributed by atoms with Crippen LogP contribution in [0.15, 0.2) is 22.7 Å². The maximum absolute atomic E-state index is 12.2. The smallest absolute Gasteiger partial charge is 0.225 e. The van der Waals surface area contributed by atoms with Gasteiger partial charge in [-0.05, 0) is 66.2 Å². The fourth-order valence-electron chi connectivity index (χ4n) is 2.80. The summed E-state index contributed by atoms with van der Waals surface area (Å²) in [6, 6.07) is 6.16. The molecule has 0 aliphatic carbocycles. The molecule has 1 unspecified atom stereocenters. The molecule has 0 radical (unpaired) electrons. The van der Waals surface area contributed by atoms with E-state index in [4.69, 9.17) is 10.5 Å². The second kappa shape index (κ2) is 7.97. The average molecular weight is 369 g/mol. The SMILES string of the molecule is Cc1ccc(OCCC(=O)N2CCC(C(C)N)CC2)c(Br)c1. The van der Waals surface area contributed by atoms with Crippen LogP contribution in [0, 0.1) is 12.8 Å². The number of nitrogens with two attached hydrogens (primary N) is 1. The molecule has 22 heavy (non-hydrogen) atoms. The highest BCUT2D eigenvalue weighted by molar-refractivity contribution is 9.10. The number of piperidine rings is 1. The number of benzene rings is 1. The zero-order valence-electron chi connectivity index (χ0n) is 13.3. The molecule has 1 aliphatic heterocycles. The van der Waals surface area contributed by atoms with Crippen LogP contribution in [0.3, 0.4) is 0 Å². The third-order valence-corrected chi connectivity index (χ3v) is 4.92. The van der Waals surface area contributed by atoms with Crippen molar-refractivity contribution >= 4 is 21.8 Å². The van der Waals surface area contributed by atoms with Gasteiger partial charge < -0.3 is 15.4 Å². The first kappa shape index (κ1) is 17.3. The Morgan fingerprint density at radius 3 is 2.73 bits per heavy atom. The van der Waals surface area contributed by atoms with Crippen LogP contribution in [-0.2, 0) is 4.79 Å². The van der Waals surface area contributed by atoms with Crippen molar-refractivity contribution in [1.82, 2.24) is 4.90 Å². The molecule has 0 aromatic heterocycles. The number of rotatable bonds is 5. The normalized spacial score (nSPS) is 17.4. The average Bonchev–Trinajstić information content (AvgIpc) is 2.49. The third-order valence-electron chi connectivity index (χ3n) is 4.30. The first-order valence-corrected chi connectivity index (χ1v) is 8.69. The van der Waals surface area contributed by atoms with E-state index in [-0.39, 0.29) is 11.9 Å². The van der Waals surface area contributed by atoms with E-state index in [0.29, 0.717) is 18.9 Å². The number of hydrogen-bond donors (Lipinski definition) is 1. The summed E-state index contributed by atoms with van der Waals surface area (Å²) in [4.78, 5) is 14.1. The Morgan fingerprint density at radius 1 is 1.45 bits per heavy atom. The van der Waals surface area contributed by atoms with E-state index in [2.05, 4.69) is 22.9 Å². The number of halogens is 1. The number of carbonyl (C=O) groups excluding carboxylic acids is 1. The monoisotopic (exact) mass is 368 g/mol. The summed E-state index contributed by atoms with van der Waals surface area (Å²) in [5.74, 6) is 1.50. The van der Waals surface area contributed by atoms with Crippen molar-refractivity contribution < 1.29 is 9.53 Å². The molecular formula is C17H25BrN2O2. The van der Waals surface area contributed by atoms with Crippen LogP contribution in [0.5, 0.6) is 5.75 Å². The number of likely N-dealkylation sites (tertiary alicyclic amines) is 1. The zero-order valence-corrected chi connectivity index (χ0v) is 14.9. The maximum Gasteiger partial charge on any atom is 0.225 e. The second-order valence-electron chi connectivity index (χ2n) is 6.11. The number of hydrogen-bond acceptors (Lipinski definition) is 3. The van der Waals surface area contributed by atoms with Crippen molar-refractivity contribution in [2.24, 2.45) is 11.7 Å². The summed E-state index contributed by atoms with van der Waals surface area (Å²) in [5.41, 5.74) is 7.10. The molecule has 0 bridgehead atoms. The molecule has 0 saturated carbocycles. The van der Waals surface area contributed by atoms with Crippen molar-refractivity contribution in [3.63, 3.8) is 0 Å². The molecule has 1 amide bonds. The predicted molar refractivity (Wildman–Crippen MR) is 91.9 cm³/mol. The van der Waals surface area contributed by atoms with Gasteiger partial charge in [-0.25, -0.2) is 0 Å². The highest BCUT2D eigenvalue weighted by atomic mass is 79.9. The molecule has 1 fully saturated rings. The number of nitrogens with zero attached hydrogens (tertiary/aromatic N) is 1. The summed E-state index contributed by atoms with van der Waals surface area (Å²) < 4.78 is 6.63. The molecule has 2 N–H and O–H groups in total. The molecule has 1 aromatic carbocycles. The minimum absolute atomic E-state index is 0.173. The van der Waals surface area contributed by atoms with Crippen molar-refractivity contribution in [3.8, 4) is 5.75 Å². The van der Waals surface area contributed by atoms with E-state index in [9.17, 15) is 4.79 Å². The topological polar surface area (TPSA) is 55.6 Å². The Labute approximate surface area is 141 Å². The highest BCUT2D eigenvalue weighted by Crippen LogP contribution is 2.26. The molecular weight excluding hydrogens is 344 g/mol. The van der Waals surface area contributed by atoms with Gasteiger partial charge in [0.15, 0.2) is 0 Å².